The van der Waals surface area contributed by atoms with Gasteiger partial charge in [0.1, 0.15) is 0 Å². The minimum Gasteiger partial charge on any atom is -0.350 e. The molecule has 1 fully saturated rings. The molecule has 0 radical (unpaired) electrons. The van der Waals surface area contributed by atoms with Crippen LogP contribution in [0.25, 0.3) is 0 Å². The van der Waals surface area contributed by atoms with Crippen molar-refractivity contribution in [3.63, 3.8) is 0 Å². The van der Waals surface area contributed by atoms with Crippen LogP contribution in [0.3, 0.4) is 0 Å². The van der Waals surface area contributed by atoms with Gasteiger partial charge in [0.25, 0.3) is 5.91 Å². The maximum atomic E-state index is 12.6. The number of carbonyl (C=O) groups excluding carboxylic acids is 1. The fourth-order valence-corrected chi connectivity index (χ4v) is 4.22. The summed E-state index contributed by atoms with van der Waals surface area (Å²) in [6.07, 6.45) is 2.51. The second-order valence-electron chi connectivity index (χ2n) is 7.81. The van der Waals surface area contributed by atoms with Crippen LogP contribution in [0.4, 0.5) is 0 Å². The number of hydrogen-bond acceptors (Lipinski definition) is 3. The van der Waals surface area contributed by atoms with E-state index in [1.54, 1.807) is 11.3 Å². The maximum Gasteiger partial charge on any atom is 0.251 e. The summed E-state index contributed by atoms with van der Waals surface area (Å²) in [4.78, 5) is 16.4. The van der Waals surface area contributed by atoms with E-state index in [1.165, 1.54) is 23.3 Å². The monoisotopic (exact) mass is 356 g/mol. The Morgan fingerprint density at radius 1 is 1.16 bits per heavy atom. The summed E-state index contributed by atoms with van der Waals surface area (Å²) in [6.45, 7) is 9.47. The summed E-state index contributed by atoms with van der Waals surface area (Å²) in [6, 6.07) is 12.6. The molecule has 0 bridgehead atoms. The lowest BCUT2D eigenvalue weighted by Gasteiger charge is -2.27. The SMILES string of the molecule is CC(C)(C)c1ccc(C(=O)NC[C@@H](c2cccs2)N2CCCC2)cc1. The molecule has 1 aliphatic rings. The zero-order valence-electron chi connectivity index (χ0n) is 15.4. The van der Waals surface area contributed by atoms with Crippen LogP contribution >= 0.6 is 11.3 Å². The fourth-order valence-electron chi connectivity index (χ4n) is 3.36. The fraction of sp³-hybridized carbons (Fsp3) is 0.476. The van der Waals surface area contributed by atoms with Crippen molar-refractivity contribution >= 4 is 17.2 Å². The van der Waals surface area contributed by atoms with Crippen LogP contribution in [0, 0.1) is 0 Å². The van der Waals surface area contributed by atoms with Crippen molar-refractivity contribution in [1.82, 2.24) is 10.2 Å². The van der Waals surface area contributed by atoms with Crippen molar-refractivity contribution in [2.24, 2.45) is 0 Å². The first kappa shape index (κ1) is 18.2. The Labute approximate surface area is 155 Å². The number of likely N-dealkylation sites (tertiary alicyclic amines) is 1. The van der Waals surface area contributed by atoms with Crippen LogP contribution in [0.15, 0.2) is 41.8 Å². The molecule has 0 aliphatic carbocycles. The van der Waals surface area contributed by atoms with Crippen molar-refractivity contribution in [1.29, 1.82) is 0 Å². The molecule has 0 unspecified atom stereocenters. The number of rotatable bonds is 5. The van der Waals surface area contributed by atoms with Gasteiger partial charge in [0.2, 0.25) is 0 Å². The molecular formula is C21H28N2OS. The number of nitrogens with zero attached hydrogens (tertiary/aromatic N) is 1. The van der Waals surface area contributed by atoms with Crippen LogP contribution in [-0.2, 0) is 5.41 Å². The predicted molar refractivity (Wildman–Crippen MR) is 105 cm³/mol. The van der Waals surface area contributed by atoms with E-state index in [2.05, 4.69) is 60.6 Å². The molecule has 1 N–H and O–H groups in total. The zero-order valence-corrected chi connectivity index (χ0v) is 16.2. The molecule has 1 aliphatic heterocycles. The molecule has 0 saturated carbocycles. The van der Waals surface area contributed by atoms with Gasteiger partial charge >= 0.3 is 0 Å². The van der Waals surface area contributed by atoms with Gasteiger partial charge in [-0.05, 0) is 60.5 Å². The second-order valence-corrected chi connectivity index (χ2v) is 8.79. The highest BCUT2D eigenvalue weighted by molar-refractivity contribution is 7.10. The number of hydrogen-bond donors (Lipinski definition) is 1. The molecule has 1 amide bonds. The largest absolute Gasteiger partial charge is 0.350 e. The van der Waals surface area contributed by atoms with Crippen LogP contribution in [0.1, 0.15) is 60.5 Å². The first-order valence-electron chi connectivity index (χ1n) is 9.11. The maximum absolute atomic E-state index is 12.6. The summed E-state index contributed by atoms with van der Waals surface area (Å²) >= 11 is 1.78. The molecule has 3 nitrogen and oxygen atoms in total. The van der Waals surface area contributed by atoms with Gasteiger partial charge in [0, 0.05) is 17.0 Å². The van der Waals surface area contributed by atoms with Gasteiger partial charge in [-0.15, -0.1) is 11.3 Å². The molecule has 134 valence electrons. The average molecular weight is 357 g/mol. The first-order chi connectivity index (χ1) is 11.9. The zero-order chi connectivity index (χ0) is 17.9. The van der Waals surface area contributed by atoms with Crippen LogP contribution < -0.4 is 5.32 Å². The van der Waals surface area contributed by atoms with E-state index < -0.39 is 0 Å². The van der Waals surface area contributed by atoms with Gasteiger partial charge in [0.05, 0.1) is 6.04 Å². The Balaban J connectivity index is 1.65. The lowest BCUT2D eigenvalue weighted by atomic mass is 9.87. The molecule has 25 heavy (non-hydrogen) atoms. The van der Waals surface area contributed by atoms with Gasteiger partial charge in [0.15, 0.2) is 0 Å². The number of nitrogens with one attached hydrogen (secondary N) is 1. The molecular weight excluding hydrogens is 328 g/mol. The van der Waals surface area contributed by atoms with E-state index in [4.69, 9.17) is 0 Å². The number of benzene rings is 1. The van der Waals surface area contributed by atoms with Crippen molar-refractivity contribution < 1.29 is 4.79 Å². The average Bonchev–Trinajstić information content (AvgIpc) is 3.28. The second kappa shape index (κ2) is 7.71. The number of carbonyl (C=O) groups is 1. The van der Waals surface area contributed by atoms with Crippen molar-refractivity contribution in [3.05, 3.63) is 57.8 Å². The molecule has 1 atom stereocenters. The highest BCUT2D eigenvalue weighted by Gasteiger charge is 2.25. The van der Waals surface area contributed by atoms with Gasteiger partial charge in [-0.3, -0.25) is 9.69 Å². The summed E-state index contributed by atoms with van der Waals surface area (Å²) in [5.74, 6) is 0.0150. The van der Waals surface area contributed by atoms with E-state index in [0.29, 0.717) is 12.6 Å². The topological polar surface area (TPSA) is 32.3 Å². The van der Waals surface area contributed by atoms with E-state index in [1.807, 2.05) is 12.1 Å². The lowest BCUT2D eigenvalue weighted by Crippen LogP contribution is -2.36. The Morgan fingerprint density at radius 2 is 1.84 bits per heavy atom. The molecule has 0 spiro atoms. The van der Waals surface area contributed by atoms with Crippen LogP contribution in [0.5, 0.6) is 0 Å². The molecule has 1 aromatic heterocycles. The van der Waals surface area contributed by atoms with Crippen LogP contribution in [0.2, 0.25) is 0 Å². The third kappa shape index (κ3) is 4.50. The number of thiophene rings is 1. The molecule has 2 aromatic rings. The van der Waals surface area contributed by atoms with Crippen molar-refractivity contribution in [2.45, 2.75) is 45.1 Å². The van der Waals surface area contributed by atoms with Crippen molar-refractivity contribution in [3.8, 4) is 0 Å². The Hall–Kier alpha value is -1.65. The normalized spacial score (nSPS) is 16.8. The lowest BCUT2D eigenvalue weighted by molar-refractivity contribution is 0.0938. The highest BCUT2D eigenvalue weighted by atomic mass is 32.1. The van der Waals surface area contributed by atoms with Gasteiger partial charge < -0.3 is 5.32 Å². The molecule has 3 rings (SSSR count). The van der Waals surface area contributed by atoms with Gasteiger partial charge in [-0.25, -0.2) is 0 Å². The summed E-state index contributed by atoms with van der Waals surface area (Å²) < 4.78 is 0. The van der Waals surface area contributed by atoms with E-state index in [-0.39, 0.29) is 11.3 Å². The summed E-state index contributed by atoms with van der Waals surface area (Å²) in [5.41, 5.74) is 2.09. The Bertz CT molecular complexity index is 680. The summed E-state index contributed by atoms with van der Waals surface area (Å²) in [7, 11) is 0. The third-order valence-corrected chi connectivity index (χ3v) is 5.90. The molecule has 1 saturated heterocycles. The van der Waals surface area contributed by atoms with E-state index in [0.717, 1.165) is 18.7 Å². The van der Waals surface area contributed by atoms with Gasteiger partial charge in [-0.1, -0.05) is 39.0 Å². The van der Waals surface area contributed by atoms with E-state index in [9.17, 15) is 4.79 Å². The quantitative estimate of drug-likeness (QED) is 0.848. The highest BCUT2D eigenvalue weighted by Crippen LogP contribution is 2.28. The van der Waals surface area contributed by atoms with Crippen molar-refractivity contribution in [2.75, 3.05) is 19.6 Å². The minimum absolute atomic E-state index is 0.0150. The minimum atomic E-state index is 0.0150. The predicted octanol–water partition coefficient (Wildman–Crippen LogP) is 4.61. The first-order valence-corrected chi connectivity index (χ1v) is 9.99. The Kier molecular flexibility index (Phi) is 5.60. The molecule has 1 aromatic carbocycles. The molecule has 2 heterocycles. The standard InChI is InChI=1S/C21H28N2OS/c1-21(2,3)17-10-8-16(9-11-17)20(24)22-15-18(19-7-6-14-25-19)23-12-4-5-13-23/h6-11,14,18H,4-5,12-13,15H2,1-3H3,(H,22,24)/t18-/m0/s1. The van der Waals surface area contributed by atoms with Gasteiger partial charge in [-0.2, -0.15) is 0 Å². The third-order valence-electron chi connectivity index (χ3n) is 4.92. The Morgan fingerprint density at radius 3 is 2.40 bits per heavy atom. The summed E-state index contributed by atoms with van der Waals surface area (Å²) in [5, 5.41) is 5.27. The molecule has 4 heteroatoms. The smallest absolute Gasteiger partial charge is 0.251 e. The number of amides is 1. The van der Waals surface area contributed by atoms with Crippen LogP contribution in [-0.4, -0.2) is 30.4 Å². The van der Waals surface area contributed by atoms with E-state index >= 15 is 0 Å².